The van der Waals surface area contributed by atoms with Gasteiger partial charge in [-0.1, -0.05) is 68.9 Å². The van der Waals surface area contributed by atoms with Gasteiger partial charge in [-0.3, -0.25) is 4.79 Å². The van der Waals surface area contributed by atoms with E-state index in [1.165, 1.54) is 5.56 Å². The summed E-state index contributed by atoms with van der Waals surface area (Å²) in [4.78, 5) is 12.2. The number of rotatable bonds is 7. The quantitative estimate of drug-likeness (QED) is 0.750. The Labute approximate surface area is 145 Å². The van der Waals surface area contributed by atoms with E-state index in [4.69, 9.17) is 16.1 Å². The van der Waals surface area contributed by atoms with E-state index in [9.17, 15) is 4.79 Å². The van der Waals surface area contributed by atoms with Crippen molar-refractivity contribution in [1.29, 1.82) is 0 Å². The SMILES string of the molecule is C.CCc1cccc(B(OC(=O)C(N)CCN)c2ccccc2)c1. The van der Waals surface area contributed by atoms with Gasteiger partial charge in [0.15, 0.2) is 0 Å². The van der Waals surface area contributed by atoms with Gasteiger partial charge in [0.2, 0.25) is 0 Å². The maximum absolute atomic E-state index is 12.2. The van der Waals surface area contributed by atoms with E-state index in [1.54, 1.807) is 0 Å². The van der Waals surface area contributed by atoms with Gasteiger partial charge in [-0.2, -0.15) is 0 Å². The summed E-state index contributed by atoms with van der Waals surface area (Å²) in [5, 5.41) is 0. The Bertz CT molecular complexity index is 634. The molecule has 0 aliphatic rings. The topological polar surface area (TPSA) is 78.3 Å². The van der Waals surface area contributed by atoms with Crippen LogP contribution in [-0.2, 0) is 15.9 Å². The lowest BCUT2D eigenvalue weighted by molar-refractivity contribution is -0.136. The zero-order valence-corrected chi connectivity index (χ0v) is 13.4. The highest BCUT2D eigenvalue weighted by molar-refractivity contribution is 6.81. The fraction of sp³-hybridized carbons (Fsp3) is 0.316. The highest BCUT2D eigenvalue weighted by atomic mass is 16.5. The van der Waals surface area contributed by atoms with Crippen LogP contribution in [-0.4, -0.2) is 25.5 Å². The minimum atomic E-state index is -0.694. The lowest BCUT2D eigenvalue weighted by Crippen LogP contribution is -2.49. The average molecular weight is 326 g/mol. The smallest absolute Gasteiger partial charge is 0.429 e. The van der Waals surface area contributed by atoms with Crippen molar-refractivity contribution in [1.82, 2.24) is 0 Å². The van der Waals surface area contributed by atoms with E-state index in [1.807, 2.05) is 42.5 Å². The van der Waals surface area contributed by atoms with Crippen molar-refractivity contribution >= 4 is 23.8 Å². The Balaban J connectivity index is 0.00000288. The first-order chi connectivity index (χ1) is 11.2. The molecule has 4 nitrogen and oxygen atoms in total. The van der Waals surface area contributed by atoms with E-state index >= 15 is 0 Å². The number of benzene rings is 2. The molecule has 4 N–H and O–H groups in total. The van der Waals surface area contributed by atoms with Gasteiger partial charge in [-0.15, -0.1) is 0 Å². The van der Waals surface area contributed by atoms with E-state index in [2.05, 4.69) is 19.1 Å². The number of aryl methyl sites for hydroxylation is 1. The molecule has 0 heterocycles. The van der Waals surface area contributed by atoms with Gasteiger partial charge in [0, 0.05) is 0 Å². The van der Waals surface area contributed by atoms with Crippen LogP contribution in [0.4, 0.5) is 0 Å². The normalized spacial score (nSPS) is 11.3. The van der Waals surface area contributed by atoms with Gasteiger partial charge in [0.25, 0.3) is 0 Å². The van der Waals surface area contributed by atoms with Crippen molar-refractivity contribution in [2.24, 2.45) is 11.5 Å². The Morgan fingerprint density at radius 3 is 2.42 bits per heavy atom. The van der Waals surface area contributed by atoms with Crippen LogP contribution >= 0.6 is 0 Å². The maximum atomic E-state index is 12.2. The van der Waals surface area contributed by atoms with Crippen molar-refractivity contribution in [2.45, 2.75) is 33.2 Å². The second-order valence-corrected chi connectivity index (χ2v) is 5.51. The van der Waals surface area contributed by atoms with Crippen molar-refractivity contribution in [3.05, 3.63) is 60.2 Å². The Morgan fingerprint density at radius 2 is 1.79 bits per heavy atom. The predicted octanol–water partition coefficient (Wildman–Crippen LogP) is 1.21. The maximum Gasteiger partial charge on any atom is 0.429 e. The summed E-state index contributed by atoms with van der Waals surface area (Å²) in [5.41, 5.74) is 14.4. The lowest BCUT2D eigenvalue weighted by Gasteiger charge is -2.18. The summed E-state index contributed by atoms with van der Waals surface area (Å²) >= 11 is 0. The molecule has 24 heavy (non-hydrogen) atoms. The summed E-state index contributed by atoms with van der Waals surface area (Å²) < 4.78 is 5.72. The first kappa shape index (κ1) is 19.9. The molecule has 0 saturated heterocycles. The monoisotopic (exact) mass is 326 g/mol. The van der Waals surface area contributed by atoms with Crippen LogP contribution < -0.4 is 22.4 Å². The fourth-order valence-electron chi connectivity index (χ4n) is 2.43. The summed E-state index contributed by atoms with van der Waals surface area (Å²) in [6.07, 6.45) is 1.34. The first-order valence-electron chi connectivity index (χ1n) is 7.95. The molecule has 0 aliphatic carbocycles. The predicted molar refractivity (Wildman–Crippen MR) is 102 cm³/mol. The van der Waals surface area contributed by atoms with Crippen LogP contribution in [0.1, 0.15) is 26.3 Å². The molecule has 0 aliphatic heterocycles. The van der Waals surface area contributed by atoms with Crippen molar-refractivity contribution in [3.8, 4) is 0 Å². The van der Waals surface area contributed by atoms with Gasteiger partial charge in [0.05, 0.1) is 0 Å². The molecule has 5 heteroatoms. The lowest BCUT2D eigenvalue weighted by atomic mass is 9.55. The van der Waals surface area contributed by atoms with Crippen LogP contribution in [0.3, 0.4) is 0 Å². The summed E-state index contributed by atoms with van der Waals surface area (Å²) in [7, 11) is 0. The molecule has 0 bridgehead atoms. The standard InChI is InChI=1S/C18H23BN2O2.CH4/c1-2-14-7-6-10-16(13-14)19(15-8-4-3-5-9-15)23-18(22)17(21)11-12-20;/h3-10,13,17H,2,11-12,20-21H2,1H3;1H4. The second kappa shape index (κ2) is 9.91. The molecule has 0 fully saturated rings. The Hall–Kier alpha value is -2.11. The van der Waals surface area contributed by atoms with Crippen molar-refractivity contribution in [2.75, 3.05) is 6.54 Å². The second-order valence-electron chi connectivity index (χ2n) is 5.51. The third-order valence-corrected chi connectivity index (χ3v) is 3.78. The first-order valence-corrected chi connectivity index (χ1v) is 7.95. The summed E-state index contributed by atoms with van der Waals surface area (Å²) in [6.45, 7) is 2.00. The van der Waals surface area contributed by atoms with E-state index in [-0.39, 0.29) is 7.43 Å². The zero-order valence-electron chi connectivity index (χ0n) is 13.4. The highest BCUT2D eigenvalue weighted by Gasteiger charge is 2.28. The average Bonchev–Trinajstić information content (AvgIpc) is 2.60. The molecule has 1 unspecified atom stereocenters. The summed E-state index contributed by atoms with van der Waals surface area (Å²) in [5.74, 6) is -0.425. The van der Waals surface area contributed by atoms with Crippen LogP contribution in [0.25, 0.3) is 0 Å². The van der Waals surface area contributed by atoms with Crippen molar-refractivity contribution in [3.63, 3.8) is 0 Å². The fourth-order valence-corrected chi connectivity index (χ4v) is 2.43. The number of carbonyl (C=O) groups excluding carboxylic acids is 1. The molecule has 2 aromatic rings. The number of hydrogen-bond acceptors (Lipinski definition) is 4. The van der Waals surface area contributed by atoms with Gasteiger partial charge in [0.1, 0.15) is 6.04 Å². The minimum Gasteiger partial charge on any atom is -0.525 e. The molecule has 0 spiro atoms. The highest BCUT2D eigenvalue weighted by Crippen LogP contribution is 2.02. The largest absolute Gasteiger partial charge is 0.525 e. The van der Waals surface area contributed by atoms with E-state index in [0.717, 1.165) is 17.3 Å². The molecule has 0 amide bonds. The number of nitrogens with two attached hydrogens (primary N) is 2. The van der Waals surface area contributed by atoms with E-state index in [0.29, 0.717) is 13.0 Å². The Kier molecular flexibility index (Phi) is 8.23. The van der Waals surface area contributed by atoms with Crippen molar-refractivity contribution < 1.29 is 9.45 Å². The molecular weight excluding hydrogens is 299 g/mol. The van der Waals surface area contributed by atoms with Gasteiger partial charge >= 0.3 is 12.9 Å². The van der Waals surface area contributed by atoms with E-state index < -0.39 is 18.9 Å². The van der Waals surface area contributed by atoms with Crippen LogP contribution in [0.2, 0.25) is 0 Å². The molecule has 1 atom stereocenters. The zero-order chi connectivity index (χ0) is 16.7. The minimum absolute atomic E-state index is 0. The molecular formula is C19H27BN2O2. The molecule has 0 saturated carbocycles. The summed E-state index contributed by atoms with van der Waals surface area (Å²) in [6, 6.07) is 17.1. The number of carbonyl (C=O) groups is 1. The Morgan fingerprint density at radius 1 is 1.12 bits per heavy atom. The van der Waals surface area contributed by atoms with Crippen LogP contribution in [0.15, 0.2) is 54.6 Å². The third kappa shape index (κ3) is 5.22. The van der Waals surface area contributed by atoms with Gasteiger partial charge < -0.3 is 16.1 Å². The molecule has 2 rings (SSSR count). The van der Waals surface area contributed by atoms with Gasteiger partial charge in [-0.05, 0) is 35.9 Å². The van der Waals surface area contributed by atoms with Crippen LogP contribution in [0, 0.1) is 0 Å². The molecule has 128 valence electrons. The number of hydrogen-bond donors (Lipinski definition) is 2. The molecule has 2 aromatic carbocycles. The van der Waals surface area contributed by atoms with Gasteiger partial charge in [-0.25, -0.2) is 0 Å². The van der Waals surface area contributed by atoms with Crippen LogP contribution in [0.5, 0.6) is 0 Å². The molecule has 0 aromatic heterocycles. The molecule has 0 radical (unpaired) electrons. The third-order valence-electron chi connectivity index (χ3n) is 3.78.